The summed E-state index contributed by atoms with van der Waals surface area (Å²) in [5.74, 6) is -0.197. The van der Waals surface area contributed by atoms with E-state index in [1.165, 1.54) is 23.1 Å². The van der Waals surface area contributed by atoms with E-state index in [0.717, 1.165) is 17.4 Å². The molecule has 0 aliphatic carbocycles. The Labute approximate surface area is 172 Å². The van der Waals surface area contributed by atoms with Crippen molar-refractivity contribution in [3.63, 3.8) is 0 Å². The van der Waals surface area contributed by atoms with Gasteiger partial charge >= 0.3 is 11.7 Å². The summed E-state index contributed by atoms with van der Waals surface area (Å²) in [4.78, 5) is 25.8. The fourth-order valence-corrected chi connectivity index (χ4v) is 3.36. The summed E-state index contributed by atoms with van der Waals surface area (Å²) in [7, 11) is 3.14. The Kier molecular flexibility index (Phi) is 6.23. The van der Waals surface area contributed by atoms with E-state index in [9.17, 15) is 14.0 Å². The van der Waals surface area contributed by atoms with E-state index in [1.54, 1.807) is 32.3 Å². The van der Waals surface area contributed by atoms with Crippen LogP contribution in [-0.4, -0.2) is 25.1 Å². The maximum Gasteiger partial charge on any atom is 0.414 e. The molecule has 0 saturated carbocycles. The Bertz CT molecular complexity index is 1100. The van der Waals surface area contributed by atoms with Crippen LogP contribution in [0.25, 0.3) is 11.0 Å². The van der Waals surface area contributed by atoms with Crippen molar-refractivity contribution >= 4 is 28.7 Å². The van der Waals surface area contributed by atoms with E-state index >= 15 is 0 Å². The number of carbonyl (C=O) groups excluding carboxylic acids is 1. The van der Waals surface area contributed by atoms with Gasteiger partial charge in [0.1, 0.15) is 17.1 Å². The normalized spacial score (nSPS) is 10.9. The highest BCUT2D eigenvalue weighted by molar-refractivity contribution is 6.31. The minimum Gasteiger partial charge on any atom is -0.422 e. The quantitative estimate of drug-likeness (QED) is 0.536. The molecule has 0 aliphatic heterocycles. The Balaban J connectivity index is 2.11. The van der Waals surface area contributed by atoms with Crippen LogP contribution < -0.4 is 10.4 Å². The summed E-state index contributed by atoms with van der Waals surface area (Å²) in [6, 6.07) is 9.32. The number of aryl methyl sites for hydroxylation is 1. The van der Waals surface area contributed by atoms with Crippen molar-refractivity contribution < 1.29 is 18.3 Å². The lowest BCUT2D eigenvalue weighted by Crippen LogP contribution is -2.25. The third kappa shape index (κ3) is 4.43. The highest BCUT2D eigenvalue weighted by Gasteiger charge is 2.19. The average Bonchev–Trinajstić information content (AvgIpc) is 2.66. The van der Waals surface area contributed by atoms with E-state index < -0.39 is 17.5 Å². The first-order chi connectivity index (χ1) is 13.8. The monoisotopic (exact) mass is 417 g/mol. The second-order valence-electron chi connectivity index (χ2n) is 6.89. The molecular formula is C22H21ClFNO4. The average molecular weight is 418 g/mol. The standard InChI is InChI=1S/C22H21ClFNO4/c1-4-6-14-15-10-9-13(28-22(27)25(2)3)11-20(15)29-21(26)16(14)12-17-18(23)7-5-8-19(17)24/h5,7-11H,4,6,12H2,1-3H3. The Morgan fingerprint density at radius 3 is 2.59 bits per heavy atom. The molecule has 7 heteroatoms. The lowest BCUT2D eigenvalue weighted by Gasteiger charge is -2.14. The molecule has 0 aliphatic rings. The molecule has 1 amide bonds. The zero-order chi connectivity index (χ0) is 21.1. The highest BCUT2D eigenvalue weighted by Crippen LogP contribution is 2.29. The predicted molar refractivity (Wildman–Crippen MR) is 110 cm³/mol. The number of carbonyl (C=O) groups is 1. The fraction of sp³-hybridized carbons (Fsp3) is 0.273. The van der Waals surface area contributed by atoms with Gasteiger partial charge in [0.2, 0.25) is 0 Å². The summed E-state index contributed by atoms with van der Waals surface area (Å²) < 4.78 is 25.0. The molecule has 0 spiro atoms. The van der Waals surface area contributed by atoms with Gasteiger partial charge in [-0.05, 0) is 36.2 Å². The van der Waals surface area contributed by atoms with Crippen LogP contribution in [0.5, 0.6) is 5.75 Å². The van der Waals surface area contributed by atoms with E-state index in [0.29, 0.717) is 17.6 Å². The summed E-state index contributed by atoms with van der Waals surface area (Å²) in [5, 5.41) is 0.983. The molecule has 3 aromatic rings. The number of benzene rings is 2. The van der Waals surface area contributed by atoms with E-state index in [4.69, 9.17) is 20.8 Å². The molecule has 5 nitrogen and oxygen atoms in total. The van der Waals surface area contributed by atoms with Crippen LogP contribution in [0, 0.1) is 5.82 Å². The number of fused-ring (bicyclic) bond motifs is 1. The van der Waals surface area contributed by atoms with Crippen LogP contribution in [0.4, 0.5) is 9.18 Å². The Morgan fingerprint density at radius 1 is 1.17 bits per heavy atom. The number of amides is 1. The number of halogens is 2. The van der Waals surface area contributed by atoms with E-state index in [-0.39, 0.29) is 22.8 Å². The first-order valence-corrected chi connectivity index (χ1v) is 9.60. The van der Waals surface area contributed by atoms with Crippen LogP contribution in [0.3, 0.4) is 0 Å². The van der Waals surface area contributed by atoms with E-state index in [2.05, 4.69) is 0 Å². The number of hydrogen-bond acceptors (Lipinski definition) is 4. The molecule has 2 aromatic carbocycles. The second-order valence-corrected chi connectivity index (χ2v) is 7.30. The third-order valence-electron chi connectivity index (χ3n) is 4.58. The molecule has 29 heavy (non-hydrogen) atoms. The molecule has 0 N–H and O–H groups in total. The first kappa shape index (κ1) is 20.9. The number of ether oxygens (including phenoxy) is 1. The van der Waals surface area contributed by atoms with Crippen LogP contribution in [0.2, 0.25) is 5.02 Å². The first-order valence-electron chi connectivity index (χ1n) is 9.22. The zero-order valence-electron chi connectivity index (χ0n) is 16.4. The van der Waals surface area contributed by atoms with Gasteiger partial charge in [-0.2, -0.15) is 0 Å². The number of hydrogen-bond donors (Lipinski definition) is 0. The van der Waals surface area contributed by atoms with Gasteiger partial charge in [-0.15, -0.1) is 0 Å². The molecule has 0 radical (unpaired) electrons. The van der Waals surface area contributed by atoms with Crippen molar-refractivity contribution in [3.8, 4) is 5.75 Å². The smallest absolute Gasteiger partial charge is 0.414 e. The summed E-state index contributed by atoms with van der Waals surface area (Å²) in [6.45, 7) is 1.99. The van der Waals surface area contributed by atoms with Crippen molar-refractivity contribution in [2.24, 2.45) is 0 Å². The summed E-state index contributed by atoms with van der Waals surface area (Å²) in [5.41, 5.74) is 1.17. The topological polar surface area (TPSA) is 59.8 Å². The Morgan fingerprint density at radius 2 is 1.93 bits per heavy atom. The van der Waals surface area contributed by atoms with Crippen LogP contribution in [0.15, 0.2) is 45.6 Å². The zero-order valence-corrected chi connectivity index (χ0v) is 17.2. The summed E-state index contributed by atoms with van der Waals surface area (Å²) >= 11 is 6.15. The van der Waals surface area contributed by atoms with Crippen LogP contribution >= 0.6 is 11.6 Å². The number of rotatable bonds is 5. The van der Waals surface area contributed by atoms with Crippen molar-refractivity contribution in [1.29, 1.82) is 0 Å². The van der Waals surface area contributed by atoms with Gasteiger partial charge in [-0.1, -0.05) is 31.0 Å². The van der Waals surface area contributed by atoms with Gasteiger partial charge in [0.15, 0.2) is 0 Å². The molecular weight excluding hydrogens is 397 g/mol. The predicted octanol–water partition coefficient (Wildman–Crippen LogP) is 5.19. The Hall–Kier alpha value is -2.86. The van der Waals surface area contributed by atoms with Gasteiger partial charge in [-0.25, -0.2) is 14.0 Å². The minimum absolute atomic E-state index is 0.0382. The van der Waals surface area contributed by atoms with Gasteiger partial charge in [-0.3, -0.25) is 0 Å². The molecule has 0 bridgehead atoms. The molecule has 1 aromatic heterocycles. The summed E-state index contributed by atoms with van der Waals surface area (Å²) in [6.07, 6.45) is 0.899. The highest BCUT2D eigenvalue weighted by atomic mass is 35.5. The van der Waals surface area contributed by atoms with Gasteiger partial charge in [0, 0.05) is 48.1 Å². The number of nitrogens with zero attached hydrogens (tertiary/aromatic N) is 1. The molecule has 1 heterocycles. The van der Waals surface area contributed by atoms with Gasteiger partial charge < -0.3 is 14.1 Å². The van der Waals surface area contributed by atoms with Crippen LogP contribution in [0.1, 0.15) is 30.0 Å². The van der Waals surface area contributed by atoms with Crippen molar-refractivity contribution in [3.05, 3.63) is 74.3 Å². The fourth-order valence-electron chi connectivity index (χ4n) is 3.13. The molecule has 0 fully saturated rings. The molecule has 152 valence electrons. The molecule has 0 saturated heterocycles. The maximum atomic E-state index is 14.3. The lowest BCUT2D eigenvalue weighted by molar-refractivity contribution is 0.172. The third-order valence-corrected chi connectivity index (χ3v) is 4.93. The largest absolute Gasteiger partial charge is 0.422 e. The van der Waals surface area contributed by atoms with Gasteiger partial charge in [0.25, 0.3) is 0 Å². The maximum absolute atomic E-state index is 14.3. The molecule has 0 atom stereocenters. The van der Waals surface area contributed by atoms with Crippen LogP contribution in [-0.2, 0) is 12.8 Å². The van der Waals surface area contributed by atoms with Crippen molar-refractivity contribution in [1.82, 2.24) is 4.90 Å². The van der Waals surface area contributed by atoms with Crippen molar-refractivity contribution in [2.75, 3.05) is 14.1 Å². The van der Waals surface area contributed by atoms with Crippen molar-refractivity contribution in [2.45, 2.75) is 26.2 Å². The SMILES string of the molecule is CCCc1c(Cc2c(F)cccc2Cl)c(=O)oc2cc(OC(=O)N(C)C)ccc12. The molecule has 0 unspecified atom stereocenters. The molecule has 3 rings (SSSR count). The van der Waals surface area contributed by atoms with Gasteiger partial charge in [0.05, 0.1) is 0 Å². The lowest BCUT2D eigenvalue weighted by atomic mass is 9.95. The van der Waals surface area contributed by atoms with E-state index in [1.807, 2.05) is 6.92 Å². The minimum atomic E-state index is -0.559. The second kappa shape index (κ2) is 8.66.